The van der Waals surface area contributed by atoms with Crippen molar-refractivity contribution in [1.82, 2.24) is 5.32 Å². The summed E-state index contributed by atoms with van der Waals surface area (Å²) >= 11 is 0. The van der Waals surface area contributed by atoms with Crippen molar-refractivity contribution in [2.75, 3.05) is 6.54 Å². The Morgan fingerprint density at radius 1 is 0.938 bits per heavy atom. The number of hydrogen-bond acceptors (Lipinski definition) is 2. The molecule has 0 saturated heterocycles. The zero-order valence-electron chi connectivity index (χ0n) is 10.3. The van der Waals surface area contributed by atoms with E-state index in [0.717, 1.165) is 0 Å². The molecule has 1 aliphatic rings. The van der Waals surface area contributed by atoms with Crippen molar-refractivity contribution >= 4 is 11.7 Å². The molecule has 0 bridgehead atoms. The molecular formula is C13H19NO2. The van der Waals surface area contributed by atoms with Crippen LogP contribution in [0.2, 0.25) is 0 Å². The summed E-state index contributed by atoms with van der Waals surface area (Å²) in [5.74, 6) is -0.185. The third-order valence-corrected chi connectivity index (χ3v) is 1.88. The smallest absolute Gasteiger partial charge is 0.252 e. The number of rotatable bonds is 0. The molecule has 2 rings (SSSR count). The number of Topliss-reactive ketones (excluding diaryl/α,β-unsaturated/α-hetero) is 1. The van der Waals surface area contributed by atoms with E-state index in [0.29, 0.717) is 11.1 Å². The number of fused-ring (bicyclic) bond motifs is 1. The van der Waals surface area contributed by atoms with Gasteiger partial charge in [-0.15, -0.1) is 0 Å². The van der Waals surface area contributed by atoms with Crippen LogP contribution in [-0.2, 0) is 0 Å². The molecule has 0 atom stereocenters. The van der Waals surface area contributed by atoms with Gasteiger partial charge in [0.05, 0.1) is 12.1 Å². The zero-order chi connectivity index (χ0) is 12.6. The van der Waals surface area contributed by atoms with Crippen LogP contribution in [0.1, 0.15) is 48.4 Å². The molecule has 1 amide bonds. The van der Waals surface area contributed by atoms with Crippen LogP contribution in [0.4, 0.5) is 0 Å². The van der Waals surface area contributed by atoms with E-state index >= 15 is 0 Å². The van der Waals surface area contributed by atoms with Gasteiger partial charge in [-0.3, -0.25) is 9.59 Å². The first kappa shape index (κ1) is 14.4. The van der Waals surface area contributed by atoms with Crippen LogP contribution in [0.3, 0.4) is 0 Å². The van der Waals surface area contributed by atoms with E-state index in [9.17, 15) is 9.59 Å². The Hall–Kier alpha value is -1.64. The fraction of sp³-hybridized carbons (Fsp3) is 0.385. The number of amides is 1. The average molecular weight is 221 g/mol. The van der Waals surface area contributed by atoms with Crippen LogP contribution in [-0.4, -0.2) is 18.2 Å². The minimum atomic E-state index is -0.162. The van der Waals surface area contributed by atoms with Crippen LogP contribution in [0.25, 0.3) is 0 Å². The molecular weight excluding hydrogens is 202 g/mol. The summed E-state index contributed by atoms with van der Waals surface area (Å²) in [7, 11) is 0. The molecule has 0 fully saturated rings. The second-order valence-electron chi connectivity index (χ2n) is 2.65. The Balaban J connectivity index is 0.000000509. The van der Waals surface area contributed by atoms with E-state index in [1.165, 1.54) is 0 Å². The first-order chi connectivity index (χ1) is 7.79. The standard InChI is InChI=1S/C9H7NO2.2C2H6/c11-8-5-10-9(12)7-4-2-1-3-6(7)8;2*1-2/h1-4H,5H2,(H,10,12);2*1-2H3. The molecule has 0 aromatic heterocycles. The summed E-state index contributed by atoms with van der Waals surface area (Å²) in [6.45, 7) is 8.12. The molecule has 1 N–H and O–H groups in total. The van der Waals surface area contributed by atoms with E-state index < -0.39 is 0 Å². The molecule has 0 unspecified atom stereocenters. The molecule has 1 aromatic rings. The molecule has 0 radical (unpaired) electrons. The minimum Gasteiger partial charge on any atom is -0.345 e. The molecule has 1 heterocycles. The highest BCUT2D eigenvalue weighted by Gasteiger charge is 2.21. The van der Waals surface area contributed by atoms with Crippen LogP contribution in [0.5, 0.6) is 0 Å². The monoisotopic (exact) mass is 221 g/mol. The van der Waals surface area contributed by atoms with E-state index in [-0.39, 0.29) is 18.2 Å². The van der Waals surface area contributed by atoms with Gasteiger partial charge in [-0.25, -0.2) is 0 Å². The minimum absolute atomic E-state index is 0.0230. The number of carbonyl (C=O) groups is 2. The van der Waals surface area contributed by atoms with E-state index in [1.54, 1.807) is 24.3 Å². The SMILES string of the molecule is CC.CC.O=C1CNC(=O)c2ccccc21. The van der Waals surface area contributed by atoms with Crippen molar-refractivity contribution in [2.45, 2.75) is 27.7 Å². The van der Waals surface area contributed by atoms with Gasteiger partial charge in [0, 0.05) is 5.56 Å². The summed E-state index contributed by atoms with van der Waals surface area (Å²) in [5, 5.41) is 2.50. The number of nitrogens with one attached hydrogen (secondary N) is 1. The van der Waals surface area contributed by atoms with Crippen molar-refractivity contribution in [3.8, 4) is 0 Å². The van der Waals surface area contributed by atoms with Crippen molar-refractivity contribution in [3.63, 3.8) is 0 Å². The maximum absolute atomic E-state index is 11.2. The van der Waals surface area contributed by atoms with Crippen LogP contribution in [0.15, 0.2) is 24.3 Å². The van der Waals surface area contributed by atoms with Crippen LogP contribution in [0, 0.1) is 0 Å². The zero-order valence-corrected chi connectivity index (χ0v) is 10.3. The lowest BCUT2D eigenvalue weighted by Gasteiger charge is -2.13. The van der Waals surface area contributed by atoms with Gasteiger partial charge in [-0.2, -0.15) is 0 Å². The van der Waals surface area contributed by atoms with Gasteiger partial charge in [-0.1, -0.05) is 45.9 Å². The molecule has 3 nitrogen and oxygen atoms in total. The van der Waals surface area contributed by atoms with Gasteiger partial charge >= 0.3 is 0 Å². The van der Waals surface area contributed by atoms with E-state index in [2.05, 4.69) is 5.32 Å². The Morgan fingerprint density at radius 3 is 1.94 bits per heavy atom. The molecule has 0 spiro atoms. The van der Waals surface area contributed by atoms with Crippen LogP contribution >= 0.6 is 0 Å². The fourth-order valence-corrected chi connectivity index (χ4v) is 1.28. The number of benzene rings is 1. The maximum atomic E-state index is 11.2. The Morgan fingerprint density at radius 2 is 1.44 bits per heavy atom. The molecule has 16 heavy (non-hydrogen) atoms. The Labute approximate surface area is 96.9 Å². The molecule has 0 aliphatic carbocycles. The van der Waals surface area contributed by atoms with Gasteiger partial charge in [-0.05, 0) is 6.07 Å². The van der Waals surface area contributed by atoms with Gasteiger partial charge in [0.2, 0.25) is 0 Å². The summed E-state index contributed by atoms with van der Waals surface area (Å²) in [5.41, 5.74) is 1.01. The number of hydrogen-bond donors (Lipinski definition) is 1. The molecule has 1 aliphatic heterocycles. The third-order valence-electron chi connectivity index (χ3n) is 1.88. The van der Waals surface area contributed by atoms with Crippen molar-refractivity contribution in [3.05, 3.63) is 35.4 Å². The van der Waals surface area contributed by atoms with Crippen LogP contribution < -0.4 is 5.32 Å². The normalized spacial score (nSPS) is 12.2. The highest BCUT2D eigenvalue weighted by Crippen LogP contribution is 2.12. The van der Waals surface area contributed by atoms with Crippen molar-refractivity contribution < 1.29 is 9.59 Å². The summed E-state index contributed by atoms with van der Waals surface area (Å²) in [4.78, 5) is 22.4. The second kappa shape index (κ2) is 7.63. The molecule has 0 saturated carbocycles. The van der Waals surface area contributed by atoms with Gasteiger partial charge in [0.15, 0.2) is 5.78 Å². The highest BCUT2D eigenvalue weighted by molar-refractivity contribution is 6.13. The lowest BCUT2D eigenvalue weighted by Crippen LogP contribution is -2.36. The summed E-state index contributed by atoms with van der Waals surface area (Å²) in [6.07, 6.45) is 0. The quantitative estimate of drug-likeness (QED) is 0.732. The van der Waals surface area contributed by atoms with Gasteiger partial charge in [0.1, 0.15) is 0 Å². The fourth-order valence-electron chi connectivity index (χ4n) is 1.28. The molecule has 1 aromatic carbocycles. The average Bonchev–Trinajstić information content (AvgIpc) is 2.39. The number of ketones is 1. The Kier molecular flexibility index (Phi) is 6.84. The van der Waals surface area contributed by atoms with Gasteiger partial charge in [0.25, 0.3) is 5.91 Å². The Bertz CT molecular complexity index is 324. The van der Waals surface area contributed by atoms with E-state index in [4.69, 9.17) is 0 Å². The second-order valence-corrected chi connectivity index (χ2v) is 2.65. The third kappa shape index (κ3) is 3.19. The summed E-state index contributed by atoms with van der Waals surface area (Å²) in [6, 6.07) is 6.84. The molecule has 88 valence electrons. The maximum Gasteiger partial charge on any atom is 0.252 e. The predicted octanol–water partition coefficient (Wildman–Crippen LogP) is 2.67. The summed E-state index contributed by atoms with van der Waals surface area (Å²) < 4.78 is 0. The van der Waals surface area contributed by atoms with E-state index in [1.807, 2.05) is 27.7 Å². The van der Waals surface area contributed by atoms with Crippen molar-refractivity contribution in [1.29, 1.82) is 0 Å². The lowest BCUT2D eigenvalue weighted by atomic mass is 10.00. The highest BCUT2D eigenvalue weighted by atomic mass is 16.2. The largest absolute Gasteiger partial charge is 0.345 e. The molecule has 3 heteroatoms. The predicted molar refractivity (Wildman–Crippen MR) is 65.8 cm³/mol. The lowest BCUT2D eigenvalue weighted by molar-refractivity contribution is 0.0877. The van der Waals surface area contributed by atoms with Crippen molar-refractivity contribution in [2.24, 2.45) is 0 Å². The first-order valence-electron chi connectivity index (χ1n) is 5.69. The first-order valence-corrected chi connectivity index (χ1v) is 5.69. The number of carbonyl (C=O) groups excluding carboxylic acids is 2. The topological polar surface area (TPSA) is 46.2 Å². The van der Waals surface area contributed by atoms with Gasteiger partial charge < -0.3 is 5.32 Å².